The van der Waals surface area contributed by atoms with Gasteiger partial charge in [-0.1, -0.05) is 131 Å². The van der Waals surface area contributed by atoms with Crippen LogP contribution in [0.25, 0.3) is 11.1 Å². The van der Waals surface area contributed by atoms with Crippen LogP contribution < -0.4 is 4.90 Å². The molecule has 5 aromatic rings. The quantitative estimate of drug-likeness (QED) is 0.172. The molecule has 0 unspecified atom stereocenters. The monoisotopic (exact) mass is 681 g/mol. The van der Waals surface area contributed by atoms with Crippen LogP contribution in [0.4, 0.5) is 17.1 Å². The van der Waals surface area contributed by atoms with Gasteiger partial charge in [-0.3, -0.25) is 0 Å². The predicted molar refractivity (Wildman–Crippen MR) is 218 cm³/mol. The lowest BCUT2D eigenvalue weighted by Crippen LogP contribution is -2.48. The molecule has 264 valence electrons. The summed E-state index contributed by atoms with van der Waals surface area (Å²) in [6, 6.07) is 47.5. The Kier molecular flexibility index (Phi) is 7.82. The Labute approximate surface area is 312 Å². The fourth-order valence-corrected chi connectivity index (χ4v) is 12.7. The van der Waals surface area contributed by atoms with Gasteiger partial charge in [0, 0.05) is 27.9 Å². The summed E-state index contributed by atoms with van der Waals surface area (Å²) in [6.07, 6.45) is 17.8. The zero-order valence-corrected chi connectivity index (χ0v) is 31.4. The van der Waals surface area contributed by atoms with Crippen LogP contribution in [0.2, 0.25) is 0 Å². The Balaban J connectivity index is 1.07. The van der Waals surface area contributed by atoms with Gasteiger partial charge in [0.15, 0.2) is 0 Å². The predicted octanol–water partition coefficient (Wildman–Crippen LogP) is 14.0. The van der Waals surface area contributed by atoms with E-state index in [0.29, 0.717) is 5.41 Å². The average molecular weight is 682 g/mol. The van der Waals surface area contributed by atoms with Crippen molar-refractivity contribution in [1.82, 2.24) is 0 Å². The number of nitrogens with zero attached hydrogens (tertiary/aromatic N) is 1. The highest BCUT2D eigenvalue weighted by atomic mass is 15.1. The number of rotatable bonds is 6. The summed E-state index contributed by atoms with van der Waals surface area (Å²) in [6.45, 7) is 4.77. The highest BCUT2D eigenvalue weighted by Crippen LogP contribution is 2.61. The van der Waals surface area contributed by atoms with Gasteiger partial charge in [-0.15, -0.1) is 0 Å². The van der Waals surface area contributed by atoms with Gasteiger partial charge in [0.2, 0.25) is 0 Å². The van der Waals surface area contributed by atoms with Crippen LogP contribution in [0.3, 0.4) is 0 Å². The normalized spacial score (nSPS) is 26.6. The lowest BCUT2D eigenvalue weighted by molar-refractivity contribution is -0.00518. The molecule has 0 N–H and O–H groups in total. The zero-order chi connectivity index (χ0) is 34.9. The van der Waals surface area contributed by atoms with Crippen molar-refractivity contribution in [3.63, 3.8) is 0 Å². The molecular formula is C51H55N. The summed E-state index contributed by atoms with van der Waals surface area (Å²) in [5, 5.41) is 0. The second-order valence-corrected chi connectivity index (χ2v) is 18.2. The molecular weight excluding hydrogens is 627 g/mol. The van der Waals surface area contributed by atoms with Crippen LogP contribution >= 0.6 is 0 Å². The minimum absolute atomic E-state index is 0.000208. The Hall–Kier alpha value is -4.10. The molecule has 11 rings (SSSR count). The van der Waals surface area contributed by atoms with E-state index in [1.54, 1.807) is 5.56 Å². The maximum absolute atomic E-state index is 2.54. The van der Waals surface area contributed by atoms with E-state index >= 15 is 0 Å². The SMILES string of the molecule is CC1(C)c2ccccc2-c2cc(N(c3ccc(C45CC6CC(CC(C6)C4)C5)cc3)c3ccc(C4(c5ccccc5)CCCCCCC4)cc3)ccc21. The Morgan fingerprint density at radius 1 is 0.462 bits per heavy atom. The summed E-state index contributed by atoms with van der Waals surface area (Å²) >= 11 is 0. The second-order valence-electron chi connectivity index (χ2n) is 18.2. The first kappa shape index (κ1) is 32.5. The molecule has 1 heteroatoms. The smallest absolute Gasteiger partial charge is 0.0468 e. The summed E-state index contributed by atoms with van der Waals surface area (Å²) in [4.78, 5) is 2.54. The lowest BCUT2D eigenvalue weighted by atomic mass is 9.48. The van der Waals surface area contributed by atoms with Crippen molar-refractivity contribution in [2.24, 2.45) is 17.8 Å². The van der Waals surface area contributed by atoms with E-state index in [2.05, 4.69) is 140 Å². The standard InChI is InChI=1S/C51H55N/c1-49(2)47-16-10-9-15-45(47)46-32-44(25-26-48(46)49)52(42-21-17-39(18-22-42)50-33-36-29-37(34-50)31-38(30-36)35-50)43-23-19-41(20-24-43)51(40-13-7-6-8-14-40)27-11-4-3-5-12-28-51/h6-10,13-26,32,36-38H,3-5,11-12,27-31,33-35H2,1-2H3. The third kappa shape index (κ3) is 5.24. The maximum atomic E-state index is 2.54. The van der Waals surface area contributed by atoms with Crippen molar-refractivity contribution in [3.8, 4) is 11.1 Å². The first-order valence-electron chi connectivity index (χ1n) is 20.7. The van der Waals surface area contributed by atoms with Crippen molar-refractivity contribution in [2.45, 2.75) is 114 Å². The highest BCUT2D eigenvalue weighted by Gasteiger charge is 2.51. The van der Waals surface area contributed by atoms with E-state index in [9.17, 15) is 0 Å². The molecule has 0 aliphatic heterocycles. The van der Waals surface area contributed by atoms with Crippen LogP contribution in [-0.4, -0.2) is 0 Å². The molecule has 0 heterocycles. The average Bonchev–Trinajstić information content (AvgIpc) is 3.38. The molecule has 6 aliphatic rings. The molecule has 0 saturated heterocycles. The fraction of sp³-hybridized carbons (Fsp3) is 0.412. The van der Waals surface area contributed by atoms with Gasteiger partial charge >= 0.3 is 0 Å². The Bertz CT molecular complexity index is 2020. The van der Waals surface area contributed by atoms with Crippen LogP contribution in [0.5, 0.6) is 0 Å². The van der Waals surface area contributed by atoms with Gasteiger partial charge in [-0.05, 0) is 150 Å². The number of benzene rings is 5. The minimum atomic E-state index is -0.000208. The van der Waals surface area contributed by atoms with Crippen LogP contribution in [0, 0.1) is 17.8 Å². The molecule has 0 spiro atoms. The van der Waals surface area contributed by atoms with Crippen molar-refractivity contribution >= 4 is 17.1 Å². The van der Waals surface area contributed by atoms with E-state index in [0.717, 1.165) is 17.8 Å². The molecule has 52 heavy (non-hydrogen) atoms. The van der Waals surface area contributed by atoms with E-state index in [1.807, 2.05) is 0 Å². The van der Waals surface area contributed by atoms with Gasteiger partial charge in [-0.25, -0.2) is 0 Å². The van der Waals surface area contributed by atoms with Crippen molar-refractivity contribution < 1.29 is 0 Å². The van der Waals surface area contributed by atoms with E-state index < -0.39 is 0 Å². The molecule has 0 atom stereocenters. The zero-order valence-electron chi connectivity index (χ0n) is 31.4. The molecule has 6 aliphatic carbocycles. The minimum Gasteiger partial charge on any atom is -0.310 e. The first-order valence-corrected chi connectivity index (χ1v) is 20.7. The highest BCUT2D eigenvalue weighted by molar-refractivity contribution is 5.86. The molecule has 5 fully saturated rings. The van der Waals surface area contributed by atoms with E-state index in [1.165, 1.54) is 134 Å². The summed E-state index contributed by atoms with van der Waals surface area (Å²) in [5.41, 5.74) is 14.4. The molecule has 0 amide bonds. The second kappa shape index (κ2) is 12.5. The number of fused-ring (bicyclic) bond motifs is 3. The molecule has 1 nitrogen and oxygen atoms in total. The number of anilines is 3. The fourth-order valence-electron chi connectivity index (χ4n) is 12.7. The third-order valence-corrected chi connectivity index (χ3v) is 14.8. The topological polar surface area (TPSA) is 3.24 Å². The summed E-state index contributed by atoms with van der Waals surface area (Å²) in [5.74, 6) is 2.87. The summed E-state index contributed by atoms with van der Waals surface area (Å²) in [7, 11) is 0. The molecule has 5 aromatic carbocycles. The Morgan fingerprint density at radius 2 is 0.962 bits per heavy atom. The number of hydrogen-bond acceptors (Lipinski definition) is 1. The molecule has 0 radical (unpaired) electrons. The van der Waals surface area contributed by atoms with Gasteiger partial charge in [0.05, 0.1) is 0 Å². The Morgan fingerprint density at radius 3 is 1.60 bits per heavy atom. The lowest BCUT2D eigenvalue weighted by Gasteiger charge is -2.57. The van der Waals surface area contributed by atoms with Crippen LogP contribution in [-0.2, 0) is 16.2 Å². The van der Waals surface area contributed by atoms with Gasteiger partial charge in [0.1, 0.15) is 0 Å². The van der Waals surface area contributed by atoms with Crippen molar-refractivity contribution in [1.29, 1.82) is 0 Å². The first-order chi connectivity index (χ1) is 25.4. The van der Waals surface area contributed by atoms with Gasteiger partial charge < -0.3 is 4.90 Å². The molecule has 4 bridgehead atoms. The molecule has 0 aromatic heterocycles. The maximum Gasteiger partial charge on any atom is 0.0468 e. The largest absolute Gasteiger partial charge is 0.310 e. The van der Waals surface area contributed by atoms with Crippen LogP contribution in [0.15, 0.2) is 121 Å². The van der Waals surface area contributed by atoms with E-state index in [-0.39, 0.29) is 10.8 Å². The van der Waals surface area contributed by atoms with Crippen molar-refractivity contribution in [2.75, 3.05) is 4.90 Å². The molecule has 5 saturated carbocycles. The van der Waals surface area contributed by atoms with Gasteiger partial charge in [-0.2, -0.15) is 0 Å². The van der Waals surface area contributed by atoms with Crippen molar-refractivity contribution in [3.05, 3.63) is 149 Å². The van der Waals surface area contributed by atoms with Gasteiger partial charge in [0.25, 0.3) is 0 Å². The van der Waals surface area contributed by atoms with E-state index in [4.69, 9.17) is 0 Å². The summed E-state index contributed by atoms with van der Waals surface area (Å²) < 4.78 is 0. The third-order valence-electron chi connectivity index (χ3n) is 14.8. The van der Waals surface area contributed by atoms with Crippen LogP contribution in [0.1, 0.15) is 125 Å². The number of hydrogen-bond donors (Lipinski definition) is 0.